The van der Waals surface area contributed by atoms with Gasteiger partial charge in [0.2, 0.25) is 0 Å². The van der Waals surface area contributed by atoms with Crippen LogP contribution >= 0.6 is 23.1 Å². The predicted octanol–water partition coefficient (Wildman–Crippen LogP) is 2.07. The molecular formula is C8H10OS2. The van der Waals surface area contributed by atoms with Gasteiger partial charge in [0.1, 0.15) is 5.60 Å². The third-order valence-corrected chi connectivity index (χ3v) is 3.92. The van der Waals surface area contributed by atoms with E-state index in [2.05, 4.69) is 0 Å². The van der Waals surface area contributed by atoms with Gasteiger partial charge in [0.15, 0.2) is 0 Å². The molecule has 1 saturated heterocycles. The fourth-order valence-corrected chi connectivity index (χ4v) is 3.33. The molecule has 1 aromatic heterocycles. The molecule has 3 heteroatoms. The summed E-state index contributed by atoms with van der Waals surface area (Å²) in [4.78, 5) is 0. The number of thiophene rings is 1. The van der Waals surface area contributed by atoms with Gasteiger partial charge >= 0.3 is 0 Å². The maximum absolute atomic E-state index is 10.0. The normalized spacial score (nSPS) is 31.0. The first kappa shape index (κ1) is 7.65. The van der Waals surface area contributed by atoms with Crippen molar-refractivity contribution in [2.75, 3.05) is 11.5 Å². The van der Waals surface area contributed by atoms with Gasteiger partial charge in [0.05, 0.1) is 0 Å². The van der Waals surface area contributed by atoms with Gasteiger partial charge in [-0.15, -0.1) is 0 Å². The first-order chi connectivity index (χ1) is 5.31. The zero-order chi connectivity index (χ0) is 7.73. The number of hydrogen-bond donors (Lipinski definition) is 1. The van der Waals surface area contributed by atoms with E-state index < -0.39 is 5.60 Å². The van der Waals surface area contributed by atoms with Crippen LogP contribution in [0.25, 0.3) is 0 Å². The summed E-state index contributed by atoms with van der Waals surface area (Å²) in [6.45, 7) is 0. The van der Waals surface area contributed by atoms with E-state index in [9.17, 15) is 5.11 Å². The summed E-state index contributed by atoms with van der Waals surface area (Å²) in [6, 6.07) is 2.02. The van der Waals surface area contributed by atoms with Gasteiger partial charge in [0.25, 0.3) is 0 Å². The molecule has 1 N–H and O–H groups in total. The summed E-state index contributed by atoms with van der Waals surface area (Å²) in [7, 11) is 0. The van der Waals surface area contributed by atoms with E-state index in [0.29, 0.717) is 0 Å². The van der Waals surface area contributed by atoms with Crippen LogP contribution in [0.15, 0.2) is 16.8 Å². The number of aliphatic hydroxyl groups is 1. The monoisotopic (exact) mass is 186 g/mol. The van der Waals surface area contributed by atoms with Crippen molar-refractivity contribution in [3.05, 3.63) is 22.4 Å². The maximum Gasteiger partial charge on any atom is 0.100 e. The maximum atomic E-state index is 10.0. The molecule has 0 bridgehead atoms. The standard InChI is InChI=1S/C8H10OS2/c9-8(2-4-11-6-8)7-1-3-10-5-7/h1,3,5,9H,2,4,6H2. The summed E-state index contributed by atoms with van der Waals surface area (Å²) in [5.41, 5.74) is 0.595. The molecule has 1 aliphatic rings. The Labute approximate surface area is 74.4 Å². The van der Waals surface area contributed by atoms with E-state index in [4.69, 9.17) is 0 Å². The Morgan fingerprint density at radius 3 is 3.00 bits per heavy atom. The lowest BCUT2D eigenvalue weighted by Crippen LogP contribution is -2.23. The molecule has 0 saturated carbocycles. The predicted molar refractivity (Wildman–Crippen MR) is 50.2 cm³/mol. The van der Waals surface area contributed by atoms with E-state index >= 15 is 0 Å². The summed E-state index contributed by atoms with van der Waals surface area (Å²) in [6.07, 6.45) is 0.911. The lowest BCUT2D eigenvalue weighted by Gasteiger charge is -2.19. The van der Waals surface area contributed by atoms with Gasteiger partial charge in [0, 0.05) is 5.75 Å². The third kappa shape index (κ3) is 1.33. The number of hydrogen-bond acceptors (Lipinski definition) is 3. The second-order valence-corrected chi connectivity index (χ2v) is 4.73. The first-order valence-corrected chi connectivity index (χ1v) is 5.74. The molecule has 1 fully saturated rings. The van der Waals surface area contributed by atoms with Crippen LogP contribution in [0.2, 0.25) is 0 Å². The Balaban J connectivity index is 2.27. The summed E-state index contributed by atoms with van der Waals surface area (Å²) < 4.78 is 0. The van der Waals surface area contributed by atoms with Gasteiger partial charge in [-0.3, -0.25) is 0 Å². The Hall–Kier alpha value is 0.01000. The summed E-state index contributed by atoms with van der Waals surface area (Å²) in [5.74, 6) is 1.95. The minimum Gasteiger partial charge on any atom is -0.384 e. The van der Waals surface area contributed by atoms with E-state index in [1.165, 1.54) is 0 Å². The molecule has 1 aromatic rings. The van der Waals surface area contributed by atoms with Crippen LogP contribution in [-0.4, -0.2) is 16.6 Å². The van der Waals surface area contributed by atoms with Crippen LogP contribution < -0.4 is 0 Å². The second-order valence-electron chi connectivity index (χ2n) is 2.85. The van der Waals surface area contributed by atoms with Gasteiger partial charge in [-0.1, -0.05) is 0 Å². The van der Waals surface area contributed by atoms with Crippen molar-refractivity contribution < 1.29 is 5.11 Å². The van der Waals surface area contributed by atoms with E-state index in [1.54, 1.807) is 11.3 Å². The van der Waals surface area contributed by atoms with Gasteiger partial charge in [-0.05, 0) is 34.6 Å². The fraction of sp³-hybridized carbons (Fsp3) is 0.500. The van der Waals surface area contributed by atoms with E-state index in [0.717, 1.165) is 23.5 Å². The lowest BCUT2D eigenvalue weighted by atomic mass is 9.96. The van der Waals surface area contributed by atoms with Crippen molar-refractivity contribution in [1.82, 2.24) is 0 Å². The molecule has 2 heterocycles. The molecule has 60 valence electrons. The lowest BCUT2D eigenvalue weighted by molar-refractivity contribution is 0.0662. The Morgan fingerprint density at radius 1 is 1.55 bits per heavy atom. The SMILES string of the molecule is OC1(c2ccsc2)CCSC1. The highest BCUT2D eigenvalue weighted by atomic mass is 32.2. The molecule has 0 aliphatic carbocycles. The average Bonchev–Trinajstić information content (AvgIpc) is 2.55. The molecule has 1 unspecified atom stereocenters. The molecular weight excluding hydrogens is 176 g/mol. The van der Waals surface area contributed by atoms with Crippen molar-refractivity contribution in [3.63, 3.8) is 0 Å². The Bertz CT molecular complexity index is 224. The topological polar surface area (TPSA) is 20.2 Å². The van der Waals surface area contributed by atoms with Crippen LogP contribution in [0.4, 0.5) is 0 Å². The van der Waals surface area contributed by atoms with Gasteiger partial charge in [-0.2, -0.15) is 23.1 Å². The average molecular weight is 186 g/mol. The largest absolute Gasteiger partial charge is 0.384 e. The molecule has 1 atom stereocenters. The zero-order valence-electron chi connectivity index (χ0n) is 6.12. The molecule has 0 radical (unpaired) electrons. The Morgan fingerprint density at radius 2 is 2.45 bits per heavy atom. The number of thioether (sulfide) groups is 1. The summed E-state index contributed by atoms with van der Waals surface area (Å²) >= 11 is 3.49. The van der Waals surface area contributed by atoms with Crippen LogP contribution in [0.5, 0.6) is 0 Å². The number of rotatable bonds is 1. The molecule has 0 amide bonds. The Kier molecular flexibility index (Phi) is 1.95. The minimum absolute atomic E-state index is 0.509. The van der Waals surface area contributed by atoms with Gasteiger partial charge < -0.3 is 5.11 Å². The van der Waals surface area contributed by atoms with E-state index in [-0.39, 0.29) is 0 Å². The van der Waals surface area contributed by atoms with Gasteiger partial charge in [-0.25, -0.2) is 0 Å². The van der Waals surface area contributed by atoms with Crippen molar-refractivity contribution in [3.8, 4) is 0 Å². The zero-order valence-corrected chi connectivity index (χ0v) is 7.75. The molecule has 2 rings (SSSR count). The highest BCUT2D eigenvalue weighted by Gasteiger charge is 2.33. The minimum atomic E-state index is -0.509. The first-order valence-electron chi connectivity index (χ1n) is 3.64. The van der Waals surface area contributed by atoms with Crippen LogP contribution in [0.1, 0.15) is 12.0 Å². The van der Waals surface area contributed by atoms with Crippen molar-refractivity contribution in [1.29, 1.82) is 0 Å². The van der Waals surface area contributed by atoms with Crippen molar-refractivity contribution >= 4 is 23.1 Å². The van der Waals surface area contributed by atoms with Crippen LogP contribution in [0.3, 0.4) is 0 Å². The molecule has 11 heavy (non-hydrogen) atoms. The highest BCUT2D eigenvalue weighted by molar-refractivity contribution is 7.99. The van der Waals surface area contributed by atoms with Crippen molar-refractivity contribution in [2.45, 2.75) is 12.0 Å². The highest BCUT2D eigenvalue weighted by Crippen LogP contribution is 2.37. The van der Waals surface area contributed by atoms with Crippen LogP contribution in [0, 0.1) is 0 Å². The molecule has 0 spiro atoms. The third-order valence-electron chi connectivity index (χ3n) is 2.06. The summed E-state index contributed by atoms with van der Waals surface area (Å²) in [5, 5.41) is 14.1. The molecule has 1 nitrogen and oxygen atoms in total. The smallest absolute Gasteiger partial charge is 0.100 e. The van der Waals surface area contributed by atoms with E-state index in [1.807, 2.05) is 28.6 Å². The molecule has 0 aromatic carbocycles. The van der Waals surface area contributed by atoms with Crippen LogP contribution in [-0.2, 0) is 5.60 Å². The van der Waals surface area contributed by atoms with Crippen molar-refractivity contribution in [2.24, 2.45) is 0 Å². The second kappa shape index (κ2) is 2.81. The fourth-order valence-electron chi connectivity index (χ4n) is 1.31. The molecule has 1 aliphatic heterocycles. The quantitative estimate of drug-likeness (QED) is 0.724.